The lowest BCUT2D eigenvalue weighted by molar-refractivity contribution is -0.116. The normalized spacial score (nSPS) is 11.1. The third-order valence-electron chi connectivity index (χ3n) is 4.61. The number of allylic oxidation sites excluding steroid dienone is 1. The molecule has 0 atom stereocenters. The van der Waals surface area contributed by atoms with E-state index in [4.69, 9.17) is 15.6 Å². The number of carbonyl (C=O) groups excluding carboxylic acids is 1. The van der Waals surface area contributed by atoms with Gasteiger partial charge in [-0.15, -0.1) is 0 Å². The fraction of sp³-hybridized carbons (Fsp3) is 0.130. The van der Waals surface area contributed by atoms with Gasteiger partial charge in [0.1, 0.15) is 29.3 Å². The summed E-state index contributed by atoms with van der Waals surface area (Å²) in [6, 6.07) is 17.2. The standard InChI is InChI=1S/C23H22N6O2/c1-2-6-19(30)25-13-14-29-23-20(22(24)26-15-27-23)21(28-29)16-9-11-18(12-10-16)31-17-7-4-3-5-8-17/h2-12,15H,13-14H2,1H3,(H,25,30)(H2,24,26,27). The first-order chi connectivity index (χ1) is 15.2. The monoisotopic (exact) mass is 414 g/mol. The third-order valence-corrected chi connectivity index (χ3v) is 4.61. The van der Waals surface area contributed by atoms with Gasteiger partial charge in [0.2, 0.25) is 5.91 Å². The van der Waals surface area contributed by atoms with Crippen molar-refractivity contribution in [2.75, 3.05) is 12.3 Å². The molecule has 3 N–H and O–H groups in total. The molecule has 2 aromatic heterocycles. The number of rotatable bonds is 7. The van der Waals surface area contributed by atoms with Crippen LogP contribution in [0.15, 0.2) is 73.1 Å². The number of hydrogen-bond donors (Lipinski definition) is 2. The minimum atomic E-state index is -0.151. The Balaban J connectivity index is 1.60. The maximum absolute atomic E-state index is 11.7. The number of fused-ring (bicyclic) bond motifs is 1. The highest BCUT2D eigenvalue weighted by atomic mass is 16.5. The molecule has 4 aromatic rings. The zero-order valence-electron chi connectivity index (χ0n) is 17.0. The van der Waals surface area contributed by atoms with E-state index in [9.17, 15) is 4.79 Å². The van der Waals surface area contributed by atoms with Gasteiger partial charge in [-0.25, -0.2) is 14.6 Å². The fourth-order valence-corrected chi connectivity index (χ4v) is 3.19. The number of nitrogens with one attached hydrogen (secondary N) is 1. The van der Waals surface area contributed by atoms with Crippen molar-refractivity contribution < 1.29 is 9.53 Å². The summed E-state index contributed by atoms with van der Waals surface area (Å²) in [4.78, 5) is 20.1. The summed E-state index contributed by atoms with van der Waals surface area (Å²) in [7, 11) is 0. The largest absolute Gasteiger partial charge is 0.457 e. The fourth-order valence-electron chi connectivity index (χ4n) is 3.19. The molecule has 0 bridgehead atoms. The Morgan fingerprint density at radius 3 is 2.58 bits per heavy atom. The second-order valence-electron chi connectivity index (χ2n) is 6.76. The Bertz CT molecular complexity index is 1220. The van der Waals surface area contributed by atoms with Crippen molar-refractivity contribution in [3.05, 3.63) is 73.1 Å². The maximum atomic E-state index is 11.7. The van der Waals surface area contributed by atoms with Gasteiger partial charge in [0.05, 0.1) is 11.9 Å². The van der Waals surface area contributed by atoms with Crippen molar-refractivity contribution in [3.63, 3.8) is 0 Å². The number of aromatic nitrogens is 4. The average molecular weight is 414 g/mol. The summed E-state index contributed by atoms with van der Waals surface area (Å²) < 4.78 is 7.59. The van der Waals surface area contributed by atoms with E-state index in [0.29, 0.717) is 35.6 Å². The van der Waals surface area contributed by atoms with Gasteiger partial charge in [0.15, 0.2) is 5.65 Å². The van der Waals surface area contributed by atoms with Crippen LogP contribution in [-0.4, -0.2) is 32.2 Å². The predicted octanol–water partition coefficient (Wildman–Crippen LogP) is 3.56. The summed E-state index contributed by atoms with van der Waals surface area (Å²) >= 11 is 0. The predicted molar refractivity (Wildman–Crippen MR) is 120 cm³/mol. The van der Waals surface area contributed by atoms with E-state index in [1.54, 1.807) is 17.7 Å². The van der Waals surface area contributed by atoms with Crippen molar-refractivity contribution in [2.45, 2.75) is 13.5 Å². The van der Waals surface area contributed by atoms with Crippen LogP contribution in [0.2, 0.25) is 0 Å². The molecular weight excluding hydrogens is 392 g/mol. The Labute approximate surface area is 179 Å². The van der Waals surface area contributed by atoms with E-state index in [0.717, 1.165) is 17.1 Å². The van der Waals surface area contributed by atoms with Crippen LogP contribution in [0.4, 0.5) is 5.82 Å². The van der Waals surface area contributed by atoms with E-state index in [1.807, 2.05) is 54.6 Å². The van der Waals surface area contributed by atoms with Crippen molar-refractivity contribution in [2.24, 2.45) is 0 Å². The molecule has 8 heteroatoms. The third kappa shape index (κ3) is 4.53. The molecule has 2 heterocycles. The zero-order valence-corrected chi connectivity index (χ0v) is 17.0. The molecule has 0 aliphatic carbocycles. The molecule has 2 aromatic carbocycles. The van der Waals surface area contributed by atoms with Gasteiger partial charge in [-0.05, 0) is 49.4 Å². The van der Waals surface area contributed by atoms with Crippen LogP contribution in [0.5, 0.6) is 11.5 Å². The first kappa shape index (κ1) is 20.1. The van der Waals surface area contributed by atoms with Crippen molar-refractivity contribution in [1.29, 1.82) is 0 Å². The van der Waals surface area contributed by atoms with Crippen LogP contribution in [0.3, 0.4) is 0 Å². The average Bonchev–Trinajstić information content (AvgIpc) is 3.15. The second kappa shape index (κ2) is 9.08. The van der Waals surface area contributed by atoms with Gasteiger partial charge < -0.3 is 15.8 Å². The lowest BCUT2D eigenvalue weighted by Crippen LogP contribution is -2.25. The highest BCUT2D eigenvalue weighted by Gasteiger charge is 2.17. The summed E-state index contributed by atoms with van der Waals surface area (Å²) in [6.45, 7) is 2.65. The molecule has 0 saturated heterocycles. The van der Waals surface area contributed by atoms with Crippen LogP contribution < -0.4 is 15.8 Å². The number of anilines is 1. The number of ether oxygens (including phenoxy) is 1. The highest BCUT2D eigenvalue weighted by molar-refractivity contribution is 5.98. The van der Waals surface area contributed by atoms with E-state index in [1.165, 1.54) is 12.4 Å². The lowest BCUT2D eigenvalue weighted by atomic mass is 10.1. The number of nitrogen functional groups attached to an aromatic ring is 1. The molecule has 1 amide bonds. The number of nitrogens with two attached hydrogens (primary N) is 1. The minimum absolute atomic E-state index is 0.151. The number of carbonyl (C=O) groups is 1. The number of amides is 1. The van der Waals surface area contributed by atoms with E-state index < -0.39 is 0 Å². The quantitative estimate of drug-likeness (QED) is 0.448. The van der Waals surface area contributed by atoms with Crippen molar-refractivity contribution in [3.8, 4) is 22.8 Å². The van der Waals surface area contributed by atoms with Crippen LogP contribution >= 0.6 is 0 Å². The molecule has 4 rings (SSSR count). The van der Waals surface area contributed by atoms with E-state index in [2.05, 4.69) is 15.3 Å². The number of nitrogens with zero attached hydrogens (tertiary/aromatic N) is 4. The van der Waals surface area contributed by atoms with Gasteiger partial charge in [-0.1, -0.05) is 24.3 Å². The molecule has 0 radical (unpaired) electrons. The molecule has 156 valence electrons. The van der Waals surface area contributed by atoms with Gasteiger partial charge in [0.25, 0.3) is 0 Å². The van der Waals surface area contributed by atoms with Crippen LogP contribution in [0.25, 0.3) is 22.3 Å². The zero-order chi connectivity index (χ0) is 21.6. The number of para-hydroxylation sites is 1. The summed E-state index contributed by atoms with van der Waals surface area (Å²) in [5.74, 6) is 1.69. The van der Waals surface area contributed by atoms with Crippen molar-refractivity contribution >= 4 is 22.8 Å². The van der Waals surface area contributed by atoms with Gasteiger partial charge in [-0.2, -0.15) is 5.10 Å². The minimum Gasteiger partial charge on any atom is -0.457 e. The summed E-state index contributed by atoms with van der Waals surface area (Å²) in [6.07, 6.45) is 4.58. The van der Waals surface area contributed by atoms with Gasteiger partial charge in [-0.3, -0.25) is 4.79 Å². The first-order valence-electron chi connectivity index (χ1n) is 9.86. The summed E-state index contributed by atoms with van der Waals surface area (Å²) in [5, 5.41) is 8.19. The molecule has 0 aliphatic rings. The second-order valence-corrected chi connectivity index (χ2v) is 6.76. The molecule has 0 spiro atoms. The highest BCUT2D eigenvalue weighted by Crippen LogP contribution is 2.31. The Hall–Kier alpha value is -4.20. The maximum Gasteiger partial charge on any atom is 0.243 e. The Kier molecular flexibility index (Phi) is 5.89. The van der Waals surface area contributed by atoms with Crippen LogP contribution in [-0.2, 0) is 11.3 Å². The van der Waals surface area contributed by atoms with E-state index in [-0.39, 0.29) is 5.91 Å². The SMILES string of the molecule is CC=CC(=O)NCCn1nc(-c2ccc(Oc3ccccc3)cc2)c2c(N)ncnc21. The molecule has 31 heavy (non-hydrogen) atoms. The molecule has 0 aliphatic heterocycles. The van der Waals surface area contributed by atoms with E-state index >= 15 is 0 Å². The van der Waals surface area contributed by atoms with Gasteiger partial charge in [0, 0.05) is 12.1 Å². The number of hydrogen-bond acceptors (Lipinski definition) is 6. The smallest absolute Gasteiger partial charge is 0.243 e. The van der Waals surface area contributed by atoms with Crippen molar-refractivity contribution in [1.82, 2.24) is 25.1 Å². The Morgan fingerprint density at radius 2 is 1.84 bits per heavy atom. The van der Waals surface area contributed by atoms with Gasteiger partial charge >= 0.3 is 0 Å². The topological polar surface area (TPSA) is 108 Å². The first-order valence-corrected chi connectivity index (χ1v) is 9.86. The molecular formula is C23H22N6O2. The molecule has 0 fully saturated rings. The number of benzene rings is 2. The molecule has 0 saturated carbocycles. The van der Waals surface area contributed by atoms with Crippen LogP contribution in [0, 0.1) is 0 Å². The van der Waals surface area contributed by atoms with Crippen LogP contribution in [0.1, 0.15) is 6.92 Å². The summed E-state index contributed by atoms with van der Waals surface area (Å²) in [5.41, 5.74) is 8.31. The Morgan fingerprint density at radius 1 is 1.10 bits per heavy atom. The lowest BCUT2D eigenvalue weighted by Gasteiger charge is -2.06. The molecule has 0 unspecified atom stereocenters. The molecule has 8 nitrogen and oxygen atoms in total.